The first-order valence-corrected chi connectivity index (χ1v) is 11.6. The maximum Gasteiger partial charge on any atom is 0.0966 e. The van der Waals surface area contributed by atoms with Crippen LogP contribution in [0.4, 0.5) is 17.1 Å². The number of nitrogens with one attached hydrogen (secondary N) is 1. The maximum atomic E-state index is 4.67. The van der Waals surface area contributed by atoms with Crippen molar-refractivity contribution >= 4 is 39.0 Å². The van der Waals surface area contributed by atoms with E-state index < -0.39 is 0 Å². The van der Waals surface area contributed by atoms with Crippen molar-refractivity contribution in [1.29, 1.82) is 0 Å². The molecule has 1 aliphatic heterocycles. The van der Waals surface area contributed by atoms with Gasteiger partial charge in [0.15, 0.2) is 0 Å². The van der Waals surface area contributed by atoms with Gasteiger partial charge in [-0.3, -0.25) is 15.0 Å². The summed E-state index contributed by atoms with van der Waals surface area (Å²) in [6.45, 7) is 4.11. The Bertz CT molecular complexity index is 1480. The highest BCUT2D eigenvalue weighted by Crippen LogP contribution is 2.35. The molecule has 0 saturated carbocycles. The number of rotatable bonds is 4. The number of hydrogen-bond acceptors (Lipinski definition) is 6. The van der Waals surface area contributed by atoms with Crippen LogP contribution in [-0.2, 0) is 7.05 Å². The van der Waals surface area contributed by atoms with Gasteiger partial charge in [-0.25, -0.2) is 0 Å². The quantitative estimate of drug-likeness (QED) is 0.430. The molecular formula is C27H27N7. The molecule has 0 atom stereocenters. The number of hydrogen-bond donors (Lipinski definition) is 1. The molecular weight excluding hydrogens is 422 g/mol. The van der Waals surface area contributed by atoms with Crippen molar-refractivity contribution in [2.75, 3.05) is 43.4 Å². The molecule has 170 valence electrons. The molecule has 6 rings (SSSR count). The Morgan fingerprint density at radius 1 is 0.853 bits per heavy atom. The van der Waals surface area contributed by atoms with Crippen LogP contribution in [-0.4, -0.2) is 57.6 Å². The van der Waals surface area contributed by atoms with Crippen molar-refractivity contribution in [2.45, 2.75) is 0 Å². The largest absolute Gasteiger partial charge is 0.367 e. The number of pyridine rings is 1. The van der Waals surface area contributed by atoms with Crippen LogP contribution in [0, 0.1) is 0 Å². The second-order valence-corrected chi connectivity index (χ2v) is 8.96. The average molecular weight is 450 g/mol. The Morgan fingerprint density at radius 2 is 1.71 bits per heavy atom. The van der Waals surface area contributed by atoms with Crippen molar-refractivity contribution in [2.24, 2.45) is 7.05 Å². The third-order valence-electron chi connectivity index (χ3n) is 6.69. The molecule has 1 fully saturated rings. The molecule has 0 unspecified atom stereocenters. The molecule has 7 nitrogen and oxygen atoms in total. The maximum absolute atomic E-state index is 4.67. The molecule has 4 heterocycles. The van der Waals surface area contributed by atoms with Gasteiger partial charge in [0.2, 0.25) is 0 Å². The standard InChI is InChI=1S/C27H27N7/c1-32-11-13-34(14-12-32)25-5-7-28-18-24(25)31-21-16-22(27-23(17-21)29-8-9-30-27)20-4-3-19-6-10-33(2)26(19)15-20/h3-10,15-18,31H,11-14H2,1-2H3. The van der Waals surface area contributed by atoms with E-state index in [0.29, 0.717) is 0 Å². The van der Waals surface area contributed by atoms with Gasteiger partial charge in [-0.1, -0.05) is 12.1 Å². The summed E-state index contributed by atoms with van der Waals surface area (Å²) in [5.74, 6) is 0. The van der Waals surface area contributed by atoms with Gasteiger partial charge in [0, 0.05) is 74.8 Å². The fraction of sp³-hybridized carbons (Fsp3) is 0.222. The summed E-state index contributed by atoms with van der Waals surface area (Å²) < 4.78 is 2.15. The van der Waals surface area contributed by atoms with Crippen LogP contribution in [0.5, 0.6) is 0 Å². The molecule has 1 saturated heterocycles. The Balaban J connectivity index is 1.43. The predicted octanol–water partition coefficient (Wildman–Crippen LogP) is 4.68. The van der Waals surface area contributed by atoms with Gasteiger partial charge in [0.25, 0.3) is 0 Å². The lowest BCUT2D eigenvalue weighted by Crippen LogP contribution is -2.44. The molecule has 2 aromatic carbocycles. The first-order chi connectivity index (χ1) is 16.7. The monoisotopic (exact) mass is 449 g/mol. The Hall–Kier alpha value is -3.97. The van der Waals surface area contributed by atoms with E-state index in [2.05, 4.69) is 97.4 Å². The summed E-state index contributed by atoms with van der Waals surface area (Å²) in [4.78, 5) is 18.5. The number of aryl methyl sites for hydroxylation is 1. The van der Waals surface area contributed by atoms with Crippen molar-refractivity contribution < 1.29 is 0 Å². The smallest absolute Gasteiger partial charge is 0.0966 e. The SMILES string of the molecule is CN1CCN(c2ccncc2Nc2cc(-c3ccc4ccn(C)c4c3)c3nccnc3c2)CC1. The van der Waals surface area contributed by atoms with Gasteiger partial charge in [-0.15, -0.1) is 0 Å². The molecule has 0 aliphatic carbocycles. The third kappa shape index (κ3) is 3.74. The van der Waals surface area contributed by atoms with E-state index in [4.69, 9.17) is 0 Å². The van der Waals surface area contributed by atoms with Crippen LogP contribution in [0.3, 0.4) is 0 Å². The molecule has 0 bridgehead atoms. The minimum atomic E-state index is 0.861. The Labute approximate surface area is 198 Å². The van der Waals surface area contributed by atoms with Crippen LogP contribution >= 0.6 is 0 Å². The van der Waals surface area contributed by atoms with Crippen molar-refractivity contribution in [3.05, 3.63) is 73.4 Å². The van der Waals surface area contributed by atoms with Gasteiger partial charge >= 0.3 is 0 Å². The molecule has 0 amide bonds. The number of piperazine rings is 1. The number of benzene rings is 2. The van der Waals surface area contributed by atoms with Gasteiger partial charge in [0.1, 0.15) is 0 Å². The van der Waals surface area contributed by atoms with Crippen LogP contribution in [0.25, 0.3) is 33.1 Å². The fourth-order valence-corrected chi connectivity index (χ4v) is 4.76. The zero-order valence-corrected chi connectivity index (χ0v) is 19.4. The van der Waals surface area contributed by atoms with E-state index in [1.165, 1.54) is 16.6 Å². The number of nitrogens with zero attached hydrogens (tertiary/aromatic N) is 6. The van der Waals surface area contributed by atoms with Crippen LogP contribution < -0.4 is 10.2 Å². The second kappa shape index (κ2) is 8.43. The number of fused-ring (bicyclic) bond motifs is 2. The lowest BCUT2D eigenvalue weighted by Gasteiger charge is -2.35. The molecule has 7 heteroatoms. The highest BCUT2D eigenvalue weighted by Gasteiger charge is 2.18. The molecule has 3 aromatic heterocycles. The van der Waals surface area contributed by atoms with Gasteiger partial charge in [-0.05, 0) is 48.3 Å². The van der Waals surface area contributed by atoms with Gasteiger partial charge < -0.3 is 19.7 Å². The lowest BCUT2D eigenvalue weighted by atomic mass is 10.0. The van der Waals surface area contributed by atoms with E-state index >= 15 is 0 Å². The number of anilines is 3. The Kier molecular flexibility index (Phi) is 5.11. The summed E-state index contributed by atoms with van der Waals surface area (Å²) in [6.07, 6.45) is 9.37. The first-order valence-electron chi connectivity index (χ1n) is 11.6. The van der Waals surface area contributed by atoms with E-state index in [1.54, 1.807) is 12.4 Å². The van der Waals surface area contributed by atoms with Gasteiger partial charge in [0.05, 0.1) is 28.6 Å². The summed E-state index contributed by atoms with van der Waals surface area (Å²) in [6, 6.07) is 15.0. The third-order valence-corrected chi connectivity index (χ3v) is 6.69. The minimum absolute atomic E-state index is 0.861. The summed E-state index contributed by atoms with van der Waals surface area (Å²) >= 11 is 0. The fourth-order valence-electron chi connectivity index (χ4n) is 4.76. The topological polar surface area (TPSA) is 62.1 Å². The molecule has 5 aromatic rings. The zero-order valence-electron chi connectivity index (χ0n) is 19.4. The zero-order chi connectivity index (χ0) is 23.1. The molecule has 1 aliphatic rings. The summed E-state index contributed by atoms with van der Waals surface area (Å²) in [5, 5.41) is 4.86. The molecule has 34 heavy (non-hydrogen) atoms. The lowest BCUT2D eigenvalue weighted by molar-refractivity contribution is 0.313. The van der Waals surface area contributed by atoms with Crippen LogP contribution in [0.2, 0.25) is 0 Å². The van der Waals surface area contributed by atoms with Crippen molar-refractivity contribution in [1.82, 2.24) is 24.4 Å². The van der Waals surface area contributed by atoms with Crippen LogP contribution in [0.1, 0.15) is 0 Å². The Morgan fingerprint density at radius 3 is 2.59 bits per heavy atom. The normalized spacial score (nSPS) is 14.7. The number of aromatic nitrogens is 4. The molecule has 0 spiro atoms. The van der Waals surface area contributed by atoms with E-state index in [-0.39, 0.29) is 0 Å². The number of likely N-dealkylation sites (N-methyl/N-ethyl adjacent to an activating group) is 1. The van der Waals surface area contributed by atoms with Crippen LogP contribution in [0.15, 0.2) is 73.4 Å². The minimum Gasteiger partial charge on any atom is -0.367 e. The van der Waals surface area contributed by atoms with E-state index in [1.807, 2.05) is 12.4 Å². The van der Waals surface area contributed by atoms with E-state index in [9.17, 15) is 0 Å². The predicted molar refractivity (Wildman–Crippen MR) is 139 cm³/mol. The summed E-state index contributed by atoms with van der Waals surface area (Å²) in [7, 11) is 4.25. The van der Waals surface area contributed by atoms with Crippen molar-refractivity contribution in [3.63, 3.8) is 0 Å². The molecule has 0 radical (unpaired) electrons. The highest BCUT2D eigenvalue weighted by molar-refractivity contribution is 5.97. The highest BCUT2D eigenvalue weighted by atomic mass is 15.3. The summed E-state index contributed by atoms with van der Waals surface area (Å²) in [5.41, 5.74) is 8.27. The average Bonchev–Trinajstić information content (AvgIpc) is 3.24. The van der Waals surface area contributed by atoms with Gasteiger partial charge in [-0.2, -0.15) is 0 Å². The van der Waals surface area contributed by atoms with Crippen molar-refractivity contribution in [3.8, 4) is 11.1 Å². The first kappa shape index (κ1) is 20.6. The second-order valence-electron chi connectivity index (χ2n) is 8.96. The van der Waals surface area contributed by atoms with E-state index in [0.717, 1.165) is 59.7 Å². The molecule has 1 N–H and O–H groups in total.